The smallest absolute Gasteiger partial charge is 0.222 e. The van der Waals surface area contributed by atoms with Crippen molar-refractivity contribution in [2.45, 2.75) is 0 Å². The third-order valence-electron chi connectivity index (χ3n) is 3.82. The summed E-state index contributed by atoms with van der Waals surface area (Å²) in [6.07, 6.45) is 1.73. The molecule has 0 radical (unpaired) electrons. The van der Waals surface area contributed by atoms with Gasteiger partial charge < -0.3 is 15.4 Å². The van der Waals surface area contributed by atoms with E-state index in [0.717, 1.165) is 41.1 Å². The van der Waals surface area contributed by atoms with Gasteiger partial charge in [-0.25, -0.2) is 4.98 Å². The second-order valence-corrected chi connectivity index (χ2v) is 5.21. The summed E-state index contributed by atoms with van der Waals surface area (Å²) in [4.78, 5) is 11.0. The number of nitrogen functional groups attached to an aromatic ring is 1. The lowest BCUT2D eigenvalue weighted by Crippen LogP contribution is -2.37. The molecule has 3 N–H and O–H groups in total. The minimum Gasteiger partial charge on any atom is -0.378 e. The molecular weight excluding hydrogens is 280 g/mol. The van der Waals surface area contributed by atoms with Gasteiger partial charge in [-0.1, -0.05) is 6.07 Å². The van der Waals surface area contributed by atoms with E-state index in [2.05, 4.69) is 25.1 Å². The Hall–Kier alpha value is -2.67. The molecule has 3 heterocycles. The fourth-order valence-corrected chi connectivity index (χ4v) is 2.73. The van der Waals surface area contributed by atoms with Gasteiger partial charge in [0.1, 0.15) is 5.82 Å². The van der Waals surface area contributed by atoms with E-state index < -0.39 is 0 Å². The van der Waals surface area contributed by atoms with E-state index in [4.69, 9.17) is 10.5 Å². The van der Waals surface area contributed by atoms with Crippen LogP contribution in [0.3, 0.4) is 0 Å². The first-order valence-electron chi connectivity index (χ1n) is 7.21. The lowest BCUT2D eigenvalue weighted by Gasteiger charge is -2.28. The summed E-state index contributed by atoms with van der Waals surface area (Å²) in [6.45, 7) is 3.04. The molecule has 0 unspecified atom stereocenters. The Morgan fingerprint density at radius 3 is 2.77 bits per heavy atom. The van der Waals surface area contributed by atoms with Crippen molar-refractivity contribution in [2.75, 3.05) is 36.9 Å². The van der Waals surface area contributed by atoms with Crippen LogP contribution in [-0.2, 0) is 4.74 Å². The van der Waals surface area contributed by atoms with Crippen LogP contribution < -0.4 is 10.6 Å². The highest BCUT2D eigenvalue weighted by Crippen LogP contribution is 2.28. The first-order valence-corrected chi connectivity index (χ1v) is 7.21. The van der Waals surface area contributed by atoms with Crippen LogP contribution in [0.15, 0.2) is 30.5 Å². The van der Waals surface area contributed by atoms with Crippen molar-refractivity contribution in [3.05, 3.63) is 30.5 Å². The van der Waals surface area contributed by atoms with E-state index in [1.165, 1.54) is 0 Å². The second-order valence-electron chi connectivity index (χ2n) is 5.21. The van der Waals surface area contributed by atoms with E-state index in [-0.39, 0.29) is 5.95 Å². The van der Waals surface area contributed by atoms with Crippen molar-refractivity contribution in [1.82, 2.24) is 20.2 Å². The highest BCUT2D eigenvalue weighted by molar-refractivity contribution is 5.93. The number of hydrogen-bond donors (Lipinski definition) is 2. The topological polar surface area (TPSA) is 93.0 Å². The Morgan fingerprint density at radius 2 is 2.00 bits per heavy atom. The Morgan fingerprint density at radius 1 is 1.14 bits per heavy atom. The zero-order chi connectivity index (χ0) is 14.9. The standard InChI is InChI=1S/C15H16N6O/c16-15-18-13-9-10(12-3-4-17-20-12)1-2-11(13)14(19-15)21-5-7-22-8-6-21/h1-4,9H,5-8H2,(H,17,20)(H2,16,18,19). The van der Waals surface area contributed by atoms with Gasteiger partial charge in [0.2, 0.25) is 5.95 Å². The van der Waals surface area contributed by atoms with Gasteiger partial charge in [-0.05, 0) is 18.2 Å². The summed E-state index contributed by atoms with van der Waals surface area (Å²) >= 11 is 0. The molecule has 0 saturated carbocycles. The summed E-state index contributed by atoms with van der Waals surface area (Å²) in [6, 6.07) is 8.01. The third kappa shape index (κ3) is 2.25. The number of fused-ring (bicyclic) bond motifs is 1. The largest absolute Gasteiger partial charge is 0.378 e. The van der Waals surface area contributed by atoms with Crippen molar-refractivity contribution in [3.63, 3.8) is 0 Å². The highest BCUT2D eigenvalue weighted by Gasteiger charge is 2.17. The molecule has 22 heavy (non-hydrogen) atoms. The summed E-state index contributed by atoms with van der Waals surface area (Å²) < 4.78 is 5.40. The Balaban J connectivity index is 1.84. The zero-order valence-electron chi connectivity index (χ0n) is 12.0. The van der Waals surface area contributed by atoms with Crippen molar-refractivity contribution in [2.24, 2.45) is 0 Å². The molecule has 0 atom stereocenters. The minimum atomic E-state index is 0.288. The van der Waals surface area contributed by atoms with E-state index in [0.29, 0.717) is 13.2 Å². The average molecular weight is 296 g/mol. The maximum absolute atomic E-state index is 5.90. The van der Waals surface area contributed by atoms with Crippen LogP contribution in [0.1, 0.15) is 0 Å². The van der Waals surface area contributed by atoms with E-state index >= 15 is 0 Å². The van der Waals surface area contributed by atoms with Crippen LogP contribution in [0, 0.1) is 0 Å². The zero-order valence-corrected chi connectivity index (χ0v) is 12.0. The Kier molecular flexibility index (Phi) is 3.12. The molecule has 4 rings (SSSR count). The number of nitrogens with zero attached hydrogens (tertiary/aromatic N) is 4. The van der Waals surface area contributed by atoms with Gasteiger partial charge in [0.05, 0.1) is 24.4 Å². The predicted octanol–water partition coefficient (Wildman–Crippen LogP) is 1.44. The number of nitrogens with one attached hydrogen (secondary N) is 1. The predicted molar refractivity (Wildman–Crippen MR) is 84.6 cm³/mol. The van der Waals surface area contributed by atoms with Crippen LogP contribution in [0.2, 0.25) is 0 Å². The highest BCUT2D eigenvalue weighted by atomic mass is 16.5. The number of aromatic nitrogens is 4. The van der Waals surface area contributed by atoms with Crippen molar-refractivity contribution in [3.8, 4) is 11.3 Å². The van der Waals surface area contributed by atoms with E-state index in [1.807, 2.05) is 24.3 Å². The van der Waals surface area contributed by atoms with Crippen LogP contribution in [0.4, 0.5) is 11.8 Å². The van der Waals surface area contributed by atoms with E-state index in [9.17, 15) is 0 Å². The summed E-state index contributed by atoms with van der Waals surface area (Å²) in [5.41, 5.74) is 8.71. The number of rotatable bonds is 2. The normalized spacial score (nSPS) is 15.4. The molecule has 0 aliphatic carbocycles. The number of ether oxygens (including phenoxy) is 1. The van der Waals surface area contributed by atoms with Crippen molar-refractivity contribution >= 4 is 22.7 Å². The fourth-order valence-electron chi connectivity index (χ4n) is 2.73. The third-order valence-corrected chi connectivity index (χ3v) is 3.82. The molecule has 2 aromatic heterocycles. The van der Waals surface area contributed by atoms with Gasteiger partial charge in [-0.15, -0.1) is 0 Å². The van der Waals surface area contributed by atoms with Gasteiger partial charge in [0, 0.05) is 30.2 Å². The molecule has 0 amide bonds. The molecule has 1 fully saturated rings. The van der Waals surface area contributed by atoms with Gasteiger partial charge in [-0.2, -0.15) is 10.1 Å². The van der Waals surface area contributed by atoms with E-state index in [1.54, 1.807) is 6.20 Å². The van der Waals surface area contributed by atoms with Crippen LogP contribution in [0.5, 0.6) is 0 Å². The SMILES string of the molecule is Nc1nc(N2CCOCC2)c2ccc(-c3ccn[nH]3)cc2n1. The Labute approximate surface area is 127 Å². The molecule has 1 aliphatic heterocycles. The second kappa shape index (κ2) is 5.27. The number of nitrogens with two attached hydrogens (primary N) is 1. The Bertz CT molecular complexity index is 795. The molecular formula is C15H16N6O. The molecule has 0 bridgehead atoms. The van der Waals surface area contributed by atoms with Gasteiger partial charge in [0.25, 0.3) is 0 Å². The van der Waals surface area contributed by atoms with Crippen molar-refractivity contribution in [1.29, 1.82) is 0 Å². The number of H-pyrrole nitrogens is 1. The van der Waals surface area contributed by atoms with Crippen LogP contribution >= 0.6 is 0 Å². The monoisotopic (exact) mass is 296 g/mol. The molecule has 1 aromatic carbocycles. The molecule has 3 aromatic rings. The maximum Gasteiger partial charge on any atom is 0.222 e. The minimum absolute atomic E-state index is 0.288. The number of anilines is 2. The van der Waals surface area contributed by atoms with Gasteiger partial charge in [0.15, 0.2) is 0 Å². The van der Waals surface area contributed by atoms with Crippen molar-refractivity contribution < 1.29 is 4.74 Å². The number of hydrogen-bond acceptors (Lipinski definition) is 6. The van der Waals surface area contributed by atoms with Gasteiger partial charge in [-0.3, -0.25) is 5.10 Å². The first kappa shape index (κ1) is 13.0. The number of aromatic amines is 1. The van der Waals surface area contributed by atoms with Gasteiger partial charge >= 0.3 is 0 Å². The molecule has 1 aliphatic rings. The quantitative estimate of drug-likeness (QED) is 0.743. The molecule has 112 valence electrons. The number of benzene rings is 1. The summed E-state index contributed by atoms with van der Waals surface area (Å²) in [5.74, 6) is 1.16. The lowest BCUT2D eigenvalue weighted by molar-refractivity contribution is 0.122. The average Bonchev–Trinajstić information content (AvgIpc) is 3.09. The molecule has 7 nitrogen and oxygen atoms in total. The number of morpholine rings is 1. The summed E-state index contributed by atoms with van der Waals surface area (Å²) in [7, 11) is 0. The fraction of sp³-hybridized carbons (Fsp3) is 0.267. The molecule has 1 saturated heterocycles. The molecule has 0 spiro atoms. The maximum atomic E-state index is 5.90. The first-order chi connectivity index (χ1) is 10.8. The molecule has 7 heteroatoms. The van der Waals surface area contributed by atoms with Crippen LogP contribution in [-0.4, -0.2) is 46.5 Å². The summed E-state index contributed by atoms with van der Waals surface area (Å²) in [5, 5.41) is 7.94. The lowest BCUT2D eigenvalue weighted by atomic mass is 10.1. The van der Waals surface area contributed by atoms with Crippen LogP contribution in [0.25, 0.3) is 22.2 Å².